The second-order valence-electron chi connectivity index (χ2n) is 6.50. The number of hydrogen-bond acceptors (Lipinski definition) is 3. The molecule has 3 rings (SSSR count). The van der Waals surface area contributed by atoms with Gasteiger partial charge in [0, 0.05) is 43.7 Å². The van der Waals surface area contributed by atoms with Crippen LogP contribution in [0.25, 0.3) is 0 Å². The fourth-order valence-corrected chi connectivity index (χ4v) is 3.70. The van der Waals surface area contributed by atoms with Crippen LogP contribution in [0, 0.1) is 5.92 Å². The van der Waals surface area contributed by atoms with E-state index < -0.39 is 0 Å². The van der Waals surface area contributed by atoms with Crippen LogP contribution in [-0.4, -0.2) is 53.8 Å². The maximum Gasteiger partial charge on any atom is 0.253 e. The van der Waals surface area contributed by atoms with E-state index in [1.165, 1.54) is 0 Å². The Balaban J connectivity index is 1.56. The molecule has 2 N–H and O–H groups in total. The van der Waals surface area contributed by atoms with Crippen LogP contribution in [-0.2, 0) is 4.79 Å². The summed E-state index contributed by atoms with van der Waals surface area (Å²) >= 11 is 0. The first kappa shape index (κ1) is 16.0. The second kappa shape index (κ2) is 7.13. The Bertz CT molecular complexity index is 553. The third-order valence-electron chi connectivity index (χ3n) is 5.08. The summed E-state index contributed by atoms with van der Waals surface area (Å²) in [4.78, 5) is 29.0. The Morgan fingerprint density at radius 2 is 1.74 bits per heavy atom. The normalized spacial score (nSPS) is 22.4. The summed E-state index contributed by atoms with van der Waals surface area (Å²) in [5, 5.41) is 0. The Hall–Kier alpha value is -1.88. The van der Waals surface area contributed by atoms with E-state index in [2.05, 4.69) is 0 Å². The first-order chi connectivity index (χ1) is 11.2. The number of rotatable bonds is 3. The number of carbonyl (C=O) groups excluding carboxylic acids is 2. The van der Waals surface area contributed by atoms with Gasteiger partial charge in [0.1, 0.15) is 0 Å². The predicted molar refractivity (Wildman–Crippen MR) is 88.9 cm³/mol. The third kappa shape index (κ3) is 3.39. The van der Waals surface area contributed by atoms with Gasteiger partial charge in [0.2, 0.25) is 5.91 Å². The van der Waals surface area contributed by atoms with Gasteiger partial charge < -0.3 is 15.5 Å². The van der Waals surface area contributed by atoms with Crippen LogP contribution in [0.1, 0.15) is 36.0 Å². The van der Waals surface area contributed by atoms with Gasteiger partial charge >= 0.3 is 0 Å². The summed E-state index contributed by atoms with van der Waals surface area (Å²) < 4.78 is 0. The van der Waals surface area contributed by atoms with E-state index in [-0.39, 0.29) is 23.8 Å². The predicted octanol–water partition coefficient (Wildman–Crippen LogP) is 1.49. The topological polar surface area (TPSA) is 66.6 Å². The molecule has 2 aliphatic heterocycles. The smallest absolute Gasteiger partial charge is 0.253 e. The summed E-state index contributed by atoms with van der Waals surface area (Å²) in [7, 11) is 0. The van der Waals surface area contributed by atoms with Crippen molar-refractivity contribution in [1.29, 1.82) is 0 Å². The highest BCUT2D eigenvalue weighted by Gasteiger charge is 2.34. The molecule has 2 fully saturated rings. The van der Waals surface area contributed by atoms with Gasteiger partial charge in [-0.15, -0.1) is 0 Å². The van der Waals surface area contributed by atoms with Crippen LogP contribution in [0.3, 0.4) is 0 Å². The molecule has 0 bridgehead atoms. The number of benzene rings is 1. The second-order valence-corrected chi connectivity index (χ2v) is 6.50. The van der Waals surface area contributed by atoms with Gasteiger partial charge in [-0.2, -0.15) is 0 Å². The number of amides is 2. The Labute approximate surface area is 137 Å². The minimum absolute atomic E-state index is 0.0435. The quantitative estimate of drug-likeness (QED) is 0.919. The number of nitrogens with two attached hydrogens (primary N) is 1. The molecular formula is C18H25N3O2. The molecule has 1 aromatic carbocycles. The summed E-state index contributed by atoms with van der Waals surface area (Å²) in [6.45, 7) is 2.71. The van der Waals surface area contributed by atoms with Crippen molar-refractivity contribution >= 4 is 11.8 Å². The zero-order chi connectivity index (χ0) is 16.2. The molecule has 0 aromatic heterocycles. The number of carbonyl (C=O) groups is 2. The van der Waals surface area contributed by atoms with Crippen LogP contribution in [0.15, 0.2) is 30.3 Å². The largest absolute Gasteiger partial charge is 0.339 e. The molecule has 5 nitrogen and oxygen atoms in total. The standard InChI is InChI=1S/C18H25N3O2/c19-13-16-7-4-10-21(16)18(23)15-8-11-20(12-9-15)17(22)14-5-2-1-3-6-14/h1-3,5-6,15-16H,4,7-13,19H2. The summed E-state index contributed by atoms with van der Waals surface area (Å²) in [5.74, 6) is 0.351. The molecule has 1 unspecified atom stereocenters. The lowest BCUT2D eigenvalue weighted by atomic mass is 9.94. The first-order valence-electron chi connectivity index (χ1n) is 8.55. The number of nitrogens with zero attached hydrogens (tertiary/aromatic N) is 2. The van der Waals surface area contributed by atoms with E-state index in [1.54, 1.807) is 0 Å². The van der Waals surface area contributed by atoms with Crippen LogP contribution in [0.2, 0.25) is 0 Å². The molecule has 0 aliphatic carbocycles. The summed E-state index contributed by atoms with van der Waals surface area (Å²) in [6, 6.07) is 9.57. The summed E-state index contributed by atoms with van der Waals surface area (Å²) in [6.07, 6.45) is 3.59. The van der Waals surface area contributed by atoms with E-state index in [0.717, 1.165) is 37.8 Å². The fourth-order valence-electron chi connectivity index (χ4n) is 3.70. The van der Waals surface area contributed by atoms with Gasteiger partial charge in [0.15, 0.2) is 0 Å². The van der Waals surface area contributed by atoms with Gasteiger partial charge in [-0.3, -0.25) is 9.59 Å². The van der Waals surface area contributed by atoms with Crippen molar-refractivity contribution in [3.63, 3.8) is 0 Å². The molecule has 23 heavy (non-hydrogen) atoms. The van der Waals surface area contributed by atoms with E-state index in [4.69, 9.17) is 5.73 Å². The average Bonchev–Trinajstić information content (AvgIpc) is 3.10. The first-order valence-corrected chi connectivity index (χ1v) is 8.55. The molecule has 0 spiro atoms. The van der Waals surface area contributed by atoms with E-state index in [0.29, 0.717) is 19.6 Å². The lowest BCUT2D eigenvalue weighted by molar-refractivity contribution is -0.137. The molecule has 2 amide bonds. The molecule has 1 atom stereocenters. The summed E-state index contributed by atoms with van der Waals surface area (Å²) in [5.41, 5.74) is 6.49. The Morgan fingerprint density at radius 3 is 2.39 bits per heavy atom. The molecule has 0 radical (unpaired) electrons. The van der Waals surface area contributed by atoms with E-state index >= 15 is 0 Å². The van der Waals surface area contributed by atoms with Crippen molar-refractivity contribution in [2.24, 2.45) is 11.7 Å². The molecule has 5 heteroatoms. The van der Waals surface area contributed by atoms with Crippen molar-refractivity contribution in [1.82, 2.24) is 9.80 Å². The molecule has 2 aliphatic rings. The third-order valence-corrected chi connectivity index (χ3v) is 5.08. The molecular weight excluding hydrogens is 290 g/mol. The minimum Gasteiger partial charge on any atom is -0.339 e. The maximum absolute atomic E-state index is 12.7. The molecule has 2 heterocycles. The van der Waals surface area contributed by atoms with Crippen LogP contribution in [0.5, 0.6) is 0 Å². The molecule has 0 saturated carbocycles. The highest BCUT2D eigenvalue weighted by Crippen LogP contribution is 2.25. The van der Waals surface area contributed by atoms with Crippen LogP contribution in [0.4, 0.5) is 0 Å². The van der Waals surface area contributed by atoms with Crippen molar-refractivity contribution < 1.29 is 9.59 Å². The highest BCUT2D eigenvalue weighted by atomic mass is 16.2. The maximum atomic E-state index is 12.7. The number of hydrogen-bond donors (Lipinski definition) is 1. The molecule has 2 saturated heterocycles. The average molecular weight is 315 g/mol. The lowest BCUT2D eigenvalue weighted by Crippen LogP contribution is -2.47. The number of likely N-dealkylation sites (tertiary alicyclic amines) is 2. The van der Waals surface area contributed by atoms with Crippen molar-refractivity contribution in [2.75, 3.05) is 26.2 Å². The minimum atomic E-state index is 0.0435. The van der Waals surface area contributed by atoms with Gasteiger partial charge in [0.05, 0.1) is 0 Å². The fraction of sp³-hybridized carbons (Fsp3) is 0.556. The van der Waals surface area contributed by atoms with E-state index in [1.807, 2.05) is 40.1 Å². The van der Waals surface area contributed by atoms with Gasteiger partial charge in [-0.05, 0) is 37.8 Å². The van der Waals surface area contributed by atoms with Crippen molar-refractivity contribution in [3.8, 4) is 0 Å². The Kier molecular flexibility index (Phi) is 4.96. The van der Waals surface area contributed by atoms with Crippen molar-refractivity contribution in [3.05, 3.63) is 35.9 Å². The van der Waals surface area contributed by atoms with Crippen LogP contribution >= 0.6 is 0 Å². The SMILES string of the molecule is NCC1CCCN1C(=O)C1CCN(C(=O)c2ccccc2)CC1. The molecule has 124 valence electrons. The highest BCUT2D eigenvalue weighted by molar-refractivity contribution is 5.94. The van der Waals surface area contributed by atoms with E-state index in [9.17, 15) is 9.59 Å². The van der Waals surface area contributed by atoms with Gasteiger partial charge in [-0.25, -0.2) is 0 Å². The number of piperidine rings is 1. The van der Waals surface area contributed by atoms with Gasteiger partial charge in [-0.1, -0.05) is 18.2 Å². The molecule has 1 aromatic rings. The van der Waals surface area contributed by atoms with Crippen LogP contribution < -0.4 is 5.73 Å². The van der Waals surface area contributed by atoms with Crippen molar-refractivity contribution in [2.45, 2.75) is 31.7 Å². The Morgan fingerprint density at radius 1 is 1.04 bits per heavy atom. The van der Waals surface area contributed by atoms with Gasteiger partial charge in [0.25, 0.3) is 5.91 Å². The lowest BCUT2D eigenvalue weighted by Gasteiger charge is -2.34. The zero-order valence-corrected chi connectivity index (χ0v) is 13.5. The zero-order valence-electron chi connectivity index (χ0n) is 13.5. The monoisotopic (exact) mass is 315 g/mol.